The van der Waals surface area contributed by atoms with Crippen LogP contribution in [0.15, 0.2) is 0 Å². The number of rotatable bonds is 2. The van der Waals surface area contributed by atoms with Crippen molar-refractivity contribution in [3.63, 3.8) is 0 Å². The molecule has 0 spiro atoms. The van der Waals surface area contributed by atoms with E-state index in [9.17, 15) is 0 Å². The topological polar surface area (TPSA) is 24.5 Å². The van der Waals surface area contributed by atoms with Crippen molar-refractivity contribution < 1.29 is 4.84 Å². The summed E-state index contributed by atoms with van der Waals surface area (Å²) >= 11 is 0. The highest BCUT2D eigenvalue weighted by Crippen LogP contribution is 2.08. The minimum Gasteiger partial charge on any atom is -0.306 e. The number of nitrogens with zero attached hydrogens (tertiary/aromatic N) is 1. The van der Waals surface area contributed by atoms with Gasteiger partial charge in [-0.25, -0.2) is 0 Å². The smallest absolute Gasteiger partial charge is 0.0572 e. The van der Waals surface area contributed by atoms with Gasteiger partial charge in [0, 0.05) is 6.04 Å². The molecule has 0 bridgehead atoms. The summed E-state index contributed by atoms with van der Waals surface area (Å²) in [7, 11) is 3.86. The van der Waals surface area contributed by atoms with Gasteiger partial charge in [0.1, 0.15) is 0 Å². The third-order valence-corrected chi connectivity index (χ3v) is 2.24. The fourth-order valence-electron chi connectivity index (χ4n) is 1.52. The van der Waals surface area contributed by atoms with Crippen molar-refractivity contribution >= 4 is 0 Å². The van der Waals surface area contributed by atoms with Gasteiger partial charge in [0.15, 0.2) is 0 Å². The van der Waals surface area contributed by atoms with E-state index in [0.717, 1.165) is 0 Å². The van der Waals surface area contributed by atoms with Gasteiger partial charge in [0.2, 0.25) is 0 Å². The largest absolute Gasteiger partial charge is 0.306 e. The molecule has 1 rings (SSSR count). The van der Waals surface area contributed by atoms with Crippen LogP contribution in [0.1, 0.15) is 19.3 Å². The summed E-state index contributed by atoms with van der Waals surface area (Å²) in [6.07, 6.45) is 3.71. The minimum atomic E-state index is 0.560. The average molecular weight is 158 g/mol. The molecule has 66 valence electrons. The van der Waals surface area contributed by atoms with E-state index in [2.05, 4.69) is 17.4 Å². The Kier molecular flexibility index (Phi) is 3.83. The predicted octanol–water partition coefficient (Wildman–Crippen LogP) is 0.622. The van der Waals surface area contributed by atoms with Crippen LogP contribution in [-0.4, -0.2) is 38.2 Å². The standard InChI is InChI=1S/C8H18N2O/c1-10-6-3-4-8(5-7-10)9-11-2/h8-9H,3-7H2,1-2H3. The first kappa shape index (κ1) is 8.97. The van der Waals surface area contributed by atoms with Crippen LogP contribution in [0.5, 0.6) is 0 Å². The van der Waals surface area contributed by atoms with Crippen LogP contribution in [0.25, 0.3) is 0 Å². The highest BCUT2D eigenvalue weighted by atomic mass is 16.6. The van der Waals surface area contributed by atoms with Crippen molar-refractivity contribution in [1.82, 2.24) is 10.4 Å². The second-order valence-corrected chi connectivity index (χ2v) is 3.25. The minimum absolute atomic E-state index is 0.560. The molecule has 0 radical (unpaired) electrons. The molecule has 3 heteroatoms. The zero-order chi connectivity index (χ0) is 8.10. The van der Waals surface area contributed by atoms with Crippen LogP contribution in [0.4, 0.5) is 0 Å². The van der Waals surface area contributed by atoms with Crippen molar-refractivity contribution in [2.45, 2.75) is 25.3 Å². The van der Waals surface area contributed by atoms with Gasteiger partial charge in [-0.2, -0.15) is 5.48 Å². The predicted molar refractivity (Wildman–Crippen MR) is 45.3 cm³/mol. The number of hydrogen-bond donors (Lipinski definition) is 1. The van der Waals surface area contributed by atoms with Crippen molar-refractivity contribution in [3.8, 4) is 0 Å². The van der Waals surface area contributed by atoms with Crippen LogP contribution in [0.2, 0.25) is 0 Å². The second-order valence-electron chi connectivity index (χ2n) is 3.25. The number of likely N-dealkylation sites (tertiary alicyclic amines) is 1. The van der Waals surface area contributed by atoms with Crippen molar-refractivity contribution in [3.05, 3.63) is 0 Å². The van der Waals surface area contributed by atoms with E-state index < -0.39 is 0 Å². The van der Waals surface area contributed by atoms with E-state index >= 15 is 0 Å². The Morgan fingerprint density at radius 2 is 2.18 bits per heavy atom. The maximum atomic E-state index is 4.90. The third kappa shape index (κ3) is 3.18. The Labute approximate surface area is 68.7 Å². The van der Waals surface area contributed by atoms with E-state index in [1.807, 2.05) is 0 Å². The summed E-state index contributed by atoms with van der Waals surface area (Å²) in [4.78, 5) is 7.28. The molecule has 0 aromatic heterocycles. The lowest BCUT2D eigenvalue weighted by molar-refractivity contribution is 0.0564. The number of hydrogen-bond acceptors (Lipinski definition) is 3. The summed E-state index contributed by atoms with van der Waals surface area (Å²) < 4.78 is 0. The lowest BCUT2D eigenvalue weighted by Gasteiger charge is -2.14. The molecule has 1 unspecified atom stereocenters. The molecule has 1 atom stereocenters. The maximum absolute atomic E-state index is 4.90. The first-order chi connectivity index (χ1) is 5.33. The molecule has 1 fully saturated rings. The van der Waals surface area contributed by atoms with E-state index in [4.69, 9.17) is 4.84 Å². The van der Waals surface area contributed by atoms with Gasteiger partial charge in [-0.05, 0) is 39.4 Å². The molecule has 0 amide bonds. The lowest BCUT2D eigenvalue weighted by atomic mass is 10.1. The van der Waals surface area contributed by atoms with E-state index in [-0.39, 0.29) is 0 Å². The molecule has 1 aliphatic rings. The molecule has 1 N–H and O–H groups in total. The zero-order valence-electron chi connectivity index (χ0n) is 7.47. The second kappa shape index (κ2) is 4.70. The first-order valence-corrected chi connectivity index (χ1v) is 4.30. The number of hydroxylamine groups is 1. The highest BCUT2D eigenvalue weighted by molar-refractivity contribution is 4.70. The number of nitrogens with one attached hydrogen (secondary N) is 1. The van der Waals surface area contributed by atoms with Gasteiger partial charge in [-0.1, -0.05) is 0 Å². The normalized spacial score (nSPS) is 28.4. The lowest BCUT2D eigenvalue weighted by Crippen LogP contribution is -2.29. The fraction of sp³-hybridized carbons (Fsp3) is 1.00. The summed E-state index contributed by atoms with van der Waals surface area (Å²) in [6.45, 7) is 2.41. The van der Waals surface area contributed by atoms with E-state index in [0.29, 0.717) is 6.04 Å². The Morgan fingerprint density at radius 1 is 1.36 bits per heavy atom. The zero-order valence-corrected chi connectivity index (χ0v) is 7.47. The fourth-order valence-corrected chi connectivity index (χ4v) is 1.52. The Morgan fingerprint density at radius 3 is 2.91 bits per heavy atom. The molecular formula is C8H18N2O. The maximum Gasteiger partial charge on any atom is 0.0572 e. The summed E-state index contributed by atoms with van der Waals surface area (Å²) in [5.74, 6) is 0. The van der Waals surface area contributed by atoms with Gasteiger partial charge in [0.25, 0.3) is 0 Å². The third-order valence-electron chi connectivity index (χ3n) is 2.24. The average Bonchev–Trinajstić information content (AvgIpc) is 2.17. The molecule has 0 aromatic rings. The van der Waals surface area contributed by atoms with Crippen LogP contribution in [0.3, 0.4) is 0 Å². The summed E-state index contributed by atoms with van der Waals surface area (Å²) in [5.41, 5.74) is 3.02. The summed E-state index contributed by atoms with van der Waals surface area (Å²) in [5, 5.41) is 0. The monoisotopic (exact) mass is 158 g/mol. The van der Waals surface area contributed by atoms with Crippen LogP contribution in [-0.2, 0) is 4.84 Å². The van der Waals surface area contributed by atoms with Gasteiger partial charge in [0.05, 0.1) is 7.11 Å². The summed E-state index contributed by atoms with van der Waals surface area (Å²) in [6, 6.07) is 0.560. The SMILES string of the molecule is CONC1CCCN(C)CC1. The van der Waals surface area contributed by atoms with Crippen molar-refractivity contribution in [2.24, 2.45) is 0 Å². The van der Waals surface area contributed by atoms with Gasteiger partial charge >= 0.3 is 0 Å². The first-order valence-electron chi connectivity index (χ1n) is 4.30. The Hall–Kier alpha value is -0.120. The molecule has 0 aromatic carbocycles. The molecule has 1 aliphatic heterocycles. The quantitative estimate of drug-likeness (QED) is 0.596. The van der Waals surface area contributed by atoms with Crippen molar-refractivity contribution in [1.29, 1.82) is 0 Å². The molecule has 11 heavy (non-hydrogen) atoms. The van der Waals surface area contributed by atoms with Gasteiger partial charge in [-0.3, -0.25) is 0 Å². The Balaban J connectivity index is 2.22. The van der Waals surface area contributed by atoms with Crippen molar-refractivity contribution in [2.75, 3.05) is 27.2 Å². The van der Waals surface area contributed by atoms with E-state index in [1.165, 1.54) is 32.4 Å². The Bertz CT molecular complexity index is 108. The highest BCUT2D eigenvalue weighted by Gasteiger charge is 2.13. The molecule has 3 nitrogen and oxygen atoms in total. The van der Waals surface area contributed by atoms with Crippen LogP contribution >= 0.6 is 0 Å². The molecular weight excluding hydrogens is 140 g/mol. The van der Waals surface area contributed by atoms with Gasteiger partial charge in [-0.15, -0.1) is 0 Å². The molecule has 0 saturated carbocycles. The van der Waals surface area contributed by atoms with Crippen LogP contribution in [0, 0.1) is 0 Å². The van der Waals surface area contributed by atoms with Gasteiger partial charge < -0.3 is 9.74 Å². The van der Waals surface area contributed by atoms with Crippen LogP contribution < -0.4 is 5.48 Å². The molecule has 1 heterocycles. The molecule has 1 saturated heterocycles. The molecule has 0 aliphatic carbocycles. The van der Waals surface area contributed by atoms with E-state index in [1.54, 1.807) is 7.11 Å².